The van der Waals surface area contributed by atoms with Gasteiger partial charge >= 0.3 is 0 Å². The predicted octanol–water partition coefficient (Wildman–Crippen LogP) is 4.11. The number of hydrogen-bond donors (Lipinski definition) is 1. The zero-order valence-electron chi connectivity index (χ0n) is 15.8. The average molecular weight is 360 g/mol. The molecular formula is C22H24N4O. The quantitative estimate of drug-likeness (QED) is 0.765. The summed E-state index contributed by atoms with van der Waals surface area (Å²) in [4.78, 5) is 19.6. The van der Waals surface area contributed by atoms with Crippen LogP contribution in [0.4, 0.5) is 0 Å². The van der Waals surface area contributed by atoms with E-state index in [1.54, 1.807) is 6.20 Å². The molecule has 1 N–H and O–H groups in total. The summed E-state index contributed by atoms with van der Waals surface area (Å²) in [5, 5.41) is 6.84. The molecule has 138 valence electrons. The second kappa shape index (κ2) is 7.35. The predicted molar refractivity (Wildman–Crippen MR) is 106 cm³/mol. The molecule has 1 fully saturated rings. The standard InChI is InChI=1S/C22H24N4O/c1-15-11-19(17-7-4-3-5-8-17)12-21(24-15)18-9-6-10-26(14-18)22(27)20-13-23-25-16(20)2/h3-5,7-8,11-13,18H,6,9-10,14H2,1-2H3,(H,23,25)/t18-/m0/s1. The Labute approximate surface area is 159 Å². The van der Waals surface area contributed by atoms with E-state index in [9.17, 15) is 4.79 Å². The van der Waals surface area contributed by atoms with Crippen LogP contribution in [0.3, 0.4) is 0 Å². The lowest BCUT2D eigenvalue weighted by atomic mass is 9.92. The molecule has 1 aromatic carbocycles. The lowest BCUT2D eigenvalue weighted by molar-refractivity contribution is 0.0705. The number of piperidine rings is 1. The van der Waals surface area contributed by atoms with E-state index in [1.807, 2.05) is 24.8 Å². The summed E-state index contributed by atoms with van der Waals surface area (Å²) in [6, 6.07) is 14.7. The largest absolute Gasteiger partial charge is 0.338 e. The fourth-order valence-corrected chi connectivity index (χ4v) is 3.84. The van der Waals surface area contributed by atoms with E-state index in [-0.39, 0.29) is 11.8 Å². The topological polar surface area (TPSA) is 61.9 Å². The normalized spacial score (nSPS) is 17.1. The smallest absolute Gasteiger partial charge is 0.257 e. The van der Waals surface area contributed by atoms with Gasteiger partial charge in [-0.25, -0.2) is 0 Å². The van der Waals surface area contributed by atoms with Crippen molar-refractivity contribution in [3.63, 3.8) is 0 Å². The summed E-state index contributed by atoms with van der Waals surface area (Å²) in [5.74, 6) is 0.319. The van der Waals surface area contributed by atoms with Gasteiger partial charge in [-0.05, 0) is 49.9 Å². The van der Waals surface area contributed by atoms with E-state index in [0.29, 0.717) is 12.1 Å². The maximum atomic E-state index is 12.9. The minimum Gasteiger partial charge on any atom is -0.338 e. The van der Waals surface area contributed by atoms with E-state index >= 15 is 0 Å². The van der Waals surface area contributed by atoms with Crippen molar-refractivity contribution in [1.82, 2.24) is 20.1 Å². The summed E-state index contributed by atoms with van der Waals surface area (Å²) in [6.45, 7) is 5.41. The van der Waals surface area contributed by atoms with E-state index in [4.69, 9.17) is 4.98 Å². The molecular weight excluding hydrogens is 336 g/mol. The van der Waals surface area contributed by atoms with Crippen molar-refractivity contribution >= 4 is 5.91 Å². The Morgan fingerprint density at radius 1 is 1.15 bits per heavy atom. The molecule has 3 heterocycles. The molecule has 1 aliphatic heterocycles. The van der Waals surface area contributed by atoms with Gasteiger partial charge in [-0.1, -0.05) is 30.3 Å². The van der Waals surface area contributed by atoms with Crippen molar-refractivity contribution < 1.29 is 4.79 Å². The van der Waals surface area contributed by atoms with Gasteiger partial charge in [0.1, 0.15) is 0 Å². The summed E-state index contributed by atoms with van der Waals surface area (Å²) in [6.07, 6.45) is 3.67. The fourth-order valence-electron chi connectivity index (χ4n) is 3.84. The monoisotopic (exact) mass is 360 g/mol. The molecule has 27 heavy (non-hydrogen) atoms. The summed E-state index contributed by atoms with van der Waals surface area (Å²) in [5.41, 5.74) is 5.96. The number of H-pyrrole nitrogens is 1. The minimum atomic E-state index is 0.0573. The molecule has 0 bridgehead atoms. The van der Waals surface area contributed by atoms with E-state index in [2.05, 4.69) is 46.6 Å². The molecule has 5 nitrogen and oxygen atoms in total. The molecule has 0 unspecified atom stereocenters. The number of benzene rings is 1. The number of pyridine rings is 1. The van der Waals surface area contributed by atoms with Crippen LogP contribution in [0.15, 0.2) is 48.7 Å². The summed E-state index contributed by atoms with van der Waals surface area (Å²) in [7, 11) is 0. The van der Waals surface area contributed by atoms with E-state index < -0.39 is 0 Å². The van der Waals surface area contributed by atoms with Crippen molar-refractivity contribution in [2.75, 3.05) is 13.1 Å². The molecule has 1 saturated heterocycles. The number of aromatic nitrogens is 3. The molecule has 5 heteroatoms. The van der Waals surface area contributed by atoms with Gasteiger partial charge in [0.15, 0.2) is 0 Å². The highest BCUT2D eigenvalue weighted by molar-refractivity contribution is 5.95. The molecule has 2 aromatic heterocycles. The molecule has 0 radical (unpaired) electrons. The Bertz CT molecular complexity index is 948. The van der Waals surface area contributed by atoms with Crippen LogP contribution in [-0.4, -0.2) is 39.1 Å². The number of nitrogens with zero attached hydrogens (tertiary/aromatic N) is 3. The second-order valence-electron chi connectivity index (χ2n) is 7.29. The Morgan fingerprint density at radius 2 is 1.96 bits per heavy atom. The molecule has 0 spiro atoms. The first-order valence-corrected chi connectivity index (χ1v) is 9.45. The van der Waals surface area contributed by atoms with Gasteiger partial charge in [-0.2, -0.15) is 5.10 Å². The van der Waals surface area contributed by atoms with Crippen LogP contribution in [0.5, 0.6) is 0 Å². The van der Waals surface area contributed by atoms with Crippen molar-refractivity contribution in [2.45, 2.75) is 32.6 Å². The van der Waals surface area contributed by atoms with Crippen molar-refractivity contribution in [1.29, 1.82) is 0 Å². The van der Waals surface area contributed by atoms with Gasteiger partial charge in [-0.15, -0.1) is 0 Å². The van der Waals surface area contributed by atoms with Crippen LogP contribution >= 0.6 is 0 Å². The molecule has 1 aliphatic rings. The first-order chi connectivity index (χ1) is 13.1. The van der Waals surface area contributed by atoms with Gasteiger partial charge in [0.05, 0.1) is 11.8 Å². The second-order valence-corrected chi connectivity index (χ2v) is 7.29. The lowest BCUT2D eigenvalue weighted by Crippen LogP contribution is -2.39. The van der Waals surface area contributed by atoms with Gasteiger partial charge < -0.3 is 4.90 Å². The van der Waals surface area contributed by atoms with Crippen LogP contribution in [-0.2, 0) is 0 Å². The molecule has 4 rings (SSSR count). The zero-order valence-corrected chi connectivity index (χ0v) is 15.8. The molecule has 0 aliphatic carbocycles. The minimum absolute atomic E-state index is 0.0573. The number of nitrogens with one attached hydrogen (secondary N) is 1. The number of carbonyl (C=O) groups excluding carboxylic acids is 1. The third-order valence-electron chi connectivity index (χ3n) is 5.27. The van der Waals surface area contributed by atoms with Gasteiger partial charge in [-0.3, -0.25) is 14.9 Å². The van der Waals surface area contributed by atoms with Crippen LogP contribution in [0.1, 0.15) is 46.2 Å². The fraction of sp³-hybridized carbons (Fsp3) is 0.318. The zero-order chi connectivity index (χ0) is 18.8. The van der Waals surface area contributed by atoms with E-state index in [0.717, 1.165) is 36.5 Å². The molecule has 1 atom stereocenters. The summed E-state index contributed by atoms with van der Waals surface area (Å²) < 4.78 is 0. The van der Waals surface area contributed by atoms with E-state index in [1.165, 1.54) is 11.1 Å². The third kappa shape index (κ3) is 3.63. The number of aromatic amines is 1. The van der Waals surface area contributed by atoms with Crippen LogP contribution in [0, 0.1) is 13.8 Å². The Morgan fingerprint density at radius 3 is 2.70 bits per heavy atom. The van der Waals surface area contributed by atoms with Crippen LogP contribution in [0.2, 0.25) is 0 Å². The summed E-state index contributed by atoms with van der Waals surface area (Å²) >= 11 is 0. The highest BCUT2D eigenvalue weighted by atomic mass is 16.2. The number of hydrogen-bond acceptors (Lipinski definition) is 3. The number of amides is 1. The number of carbonyl (C=O) groups is 1. The first kappa shape index (κ1) is 17.5. The highest BCUT2D eigenvalue weighted by Gasteiger charge is 2.28. The van der Waals surface area contributed by atoms with Crippen molar-refractivity contribution in [3.8, 4) is 11.1 Å². The Balaban J connectivity index is 1.59. The van der Waals surface area contributed by atoms with Gasteiger partial charge in [0.2, 0.25) is 0 Å². The van der Waals surface area contributed by atoms with Gasteiger partial charge in [0.25, 0.3) is 5.91 Å². The lowest BCUT2D eigenvalue weighted by Gasteiger charge is -2.32. The average Bonchev–Trinajstić information content (AvgIpc) is 3.13. The first-order valence-electron chi connectivity index (χ1n) is 9.45. The van der Waals surface area contributed by atoms with Crippen molar-refractivity contribution in [3.05, 3.63) is 71.3 Å². The third-order valence-corrected chi connectivity index (χ3v) is 5.27. The number of aryl methyl sites for hydroxylation is 2. The van der Waals surface area contributed by atoms with Gasteiger partial charge in [0, 0.05) is 36.1 Å². The van der Waals surface area contributed by atoms with Crippen molar-refractivity contribution in [2.24, 2.45) is 0 Å². The Kier molecular flexibility index (Phi) is 4.75. The molecule has 0 saturated carbocycles. The number of likely N-dealkylation sites (tertiary alicyclic amines) is 1. The molecule has 1 amide bonds. The van der Waals surface area contributed by atoms with Crippen LogP contribution < -0.4 is 0 Å². The van der Waals surface area contributed by atoms with Crippen LogP contribution in [0.25, 0.3) is 11.1 Å². The molecule has 3 aromatic rings. The maximum absolute atomic E-state index is 12.9. The SMILES string of the molecule is Cc1cc(-c2ccccc2)cc([C@H]2CCCN(C(=O)c3cn[nH]c3C)C2)n1. The highest BCUT2D eigenvalue weighted by Crippen LogP contribution is 2.30. The Hall–Kier alpha value is -2.95. The maximum Gasteiger partial charge on any atom is 0.257 e. The number of rotatable bonds is 3.